The van der Waals surface area contributed by atoms with Gasteiger partial charge in [-0.3, -0.25) is 0 Å². The first-order valence-electron chi connectivity index (χ1n) is 16.3. The summed E-state index contributed by atoms with van der Waals surface area (Å²) in [4.78, 5) is 0. The minimum atomic E-state index is -10.3. The van der Waals surface area contributed by atoms with Crippen molar-refractivity contribution in [3.63, 3.8) is 0 Å². The number of ether oxygens (including phenoxy) is 3. The Bertz CT molecular complexity index is 2200. The Balaban J connectivity index is 7.56. The molecule has 80 heavy (non-hydrogen) atoms. The average molecular weight is 1330 g/mol. The minimum Gasteiger partial charge on any atom is -0.352 e. The van der Waals surface area contributed by atoms with Crippen molar-refractivity contribution in [2.45, 2.75) is 150 Å². The third kappa shape index (κ3) is 9.65. The fourth-order valence-corrected chi connectivity index (χ4v) is 4.12. The Morgan fingerprint density at radius 2 is 0.237 bits per heavy atom. The first-order chi connectivity index (χ1) is 33.4. The molecule has 0 aliphatic carbocycles. The van der Waals surface area contributed by atoms with E-state index in [1.165, 1.54) is 0 Å². The van der Waals surface area contributed by atoms with Gasteiger partial charge in [0.2, 0.25) is 0 Å². The molecule has 0 saturated carbocycles. The minimum absolute atomic E-state index is 0.286. The lowest BCUT2D eigenvalue weighted by molar-refractivity contribution is -0.557. The van der Waals surface area contributed by atoms with Crippen molar-refractivity contribution in [2.24, 2.45) is 0 Å². The van der Waals surface area contributed by atoms with E-state index in [9.17, 15) is 224 Å². The van der Waals surface area contributed by atoms with Crippen molar-refractivity contribution in [2.75, 3.05) is 0 Å². The van der Waals surface area contributed by atoms with Crippen LogP contribution in [0.25, 0.3) is 0 Å². The van der Waals surface area contributed by atoms with Crippen LogP contribution in [0.15, 0.2) is 0 Å². The summed E-state index contributed by atoms with van der Waals surface area (Å²) in [6.45, 7) is 0. The van der Waals surface area contributed by atoms with Crippen molar-refractivity contribution < 1.29 is 243 Å². The maximum atomic E-state index is 13.9. The summed E-state index contributed by atoms with van der Waals surface area (Å²) in [6, 6.07) is 0. The van der Waals surface area contributed by atoms with Crippen molar-refractivity contribution in [3.05, 3.63) is 0 Å². The zero-order valence-electron chi connectivity index (χ0n) is 33.4. The van der Waals surface area contributed by atoms with E-state index in [4.69, 9.17) is 5.11 Å². The van der Waals surface area contributed by atoms with Gasteiger partial charge < -0.3 is 5.11 Å². The molecule has 0 aromatic carbocycles. The van der Waals surface area contributed by atoms with Gasteiger partial charge in [0.1, 0.15) is 0 Å². The SMILES string of the molecule is OC(F)(C(F)(F)C(F)(F)C(F)(F)F)C(F)(F)C(F)(F)C(F)(F)OC(F)(F)C(F)(F)C(F)(F)C(F)(F)OC(F)(F)C(F)(F)C(F)(F)C(F)(F)OC(F)(F)C(F)(F)C(F)(F)C(F)(F)C(F)(F)C(F)(F)C(F)(F)C(F)(F)C(F)(F)C(F)(F)F. The van der Waals surface area contributed by atoms with Crippen LogP contribution in [0.2, 0.25) is 0 Å². The molecule has 1 N–H and O–H groups in total. The Hall–Kier alpha value is -3.73. The summed E-state index contributed by atoms with van der Waals surface area (Å²) in [7, 11) is 0. The van der Waals surface area contributed by atoms with Gasteiger partial charge in [0, 0.05) is 0 Å². The van der Waals surface area contributed by atoms with Crippen LogP contribution in [-0.4, -0.2) is 155 Å². The van der Waals surface area contributed by atoms with Gasteiger partial charge in [-0.05, 0) is 0 Å². The molecule has 55 heteroatoms. The second-order valence-electron chi connectivity index (χ2n) is 14.2. The maximum Gasteiger partial charge on any atom is 0.460 e. The lowest BCUT2D eigenvalue weighted by Crippen LogP contribution is -2.77. The number of halogens is 51. The highest BCUT2D eigenvalue weighted by Crippen LogP contribution is 2.69. The van der Waals surface area contributed by atoms with Crippen LogP contribution < -0.4 is 0 Å². The molecule has 1 unspecified atom stereocenters. The van der Waals surface area contributed by atoms with Crippen molar-refractivity contribution in [1.29, 1.82) is 0 Å². The van der Waals surface area contributed by atoms with E-state index >= 15 is 0 Å². The Labute approximate surface area is 394 Å². The van der Waals surface area contributed by atoms with Gasteiger partial charge in [-0.15, -0.1) is 0 Å². The monoisotopic (exact) mass is 1330 g/mol. The second kappa shape index (κ2) is 18.6. The summed E-state index contributed by atoms with van der Waals surface area (Å²) < 4.78 is 689. The largest absolute Gasteiger partial charge is 0.460 e. The highest BCUT2D eigenvalue weighted by molar-refractivity contribution is 5.18. The third-order valence-electron chi connectivity index (χ3n) is 8.84. The van der Waals surface area contributed by atoms with Crippen LogP contribution in [0, 0.1) is 0 Å². The topological polar surface area (TPSA) is 47.9 Å². The first-order valence-corrected chi connectivity index (χ1v) is 16.3. The summed E-state index contributed by atoms with van der Waals surface area (Å²) in [5.41, 5.74) is 0. The van der Waals surface area contributed by atoms with Crippen LogP contribution in [0.4, 0.5) is 224 Å². The molecule has 0 aliphatic rings. The molecule has 0 aromatic rings. The molecular weight excluding hydrogens is 1330 g/mol. The average Bonchev–Trinajstić information content (AvgIpc) is 3.17. The van der Waals surface area contributed by atoms with Crippen LogP contribution in [-0.2, 0) is 14.2 Å². The number of hydrogen-bond donors (Lipinski definition) is 1. The van der Waals surface area contributed by atoms with Gasteiger partial charge in [0.25, 0.3) is 0 Å². The van der Waals surface area contributed by atoms with Crippen LogP contribution in [0.5, 0.6) is 0 Å². The number of rotatable bonds is 25. The summed E-state index contributed by atoms with van der Waals surface area (Å²) in [6.07, 6.45) is -75.2. The zero-order chi connectivity index (χ0) is 66.6. The Morgan fingerprint density at radius 3 is 0.400 bits per heavy atom. The van der Waals surface area contributed by atoms with E-state index in [2.05, 4.69) is 0 Å². The van der Waals surface area contributed by atoms with Gasteiger partial charge >= 0.3 is 150 Å². The summed E-state index contributed by atoms with van der Waals surface area (Å²) in [5, 5.41) is 8.14. The predicted octanol–water partition coefficient (Wildman–Crippen LogP) is 15.5. The Kier molecular flexibility index (Phi) is 17.8. The summed E-state index contributed by atoms with van der Waals surface area (Å²) in [5.74, 6) is -166. The smallest absolute Gasteiger partial charge is 0.352 e. The van der Waals surface area contributed by atoms with Gasteiger partial charge in [-0.2, -0.15) is 224 Å². The lowest BCUT2D eigenvalue weighted by Gasteiger charge is -2.45. The summed E-state index contributed by atoms with van der Waals surface area (Å²) >= 11 is 0. The zero-order valence-corrected chi connectivity index (χ0v) is 33.4. The Morgan fingerprint density at radius 1 is 0.138 bits per heavy atom. The fourth-order valence-electron chi connectivity index (χ4n) is 4.12. The molecule has 0 aliphatic heterocycles. The molecule has 0 amide bonds. The second-order valence-corrected chi connectivity index (χ2v) is 14.2. The molecule has 0 spiro atoms. The molecule has 0 rings (SSSR count). The number of hydrogen-bond acceptors (Lipinski definition) is 4. The van der Waals surface area contributed by atoms with E-state index in [1.807, 2.05) is 0 Å². The molecule has 4 nitrogen and oxygen atoms in total. The lowest BCUT2D eigenvalue weighted by atomic mass is 9.87. The highest BCUT2D eigenvalue weighted by atomic mass is 19.5. The van der Waals surface area contributed by atoms with Gasteiger partial charge in [0.05, 0.1) is 0 Å². The van der Waals surface area contributed by atoms with Crippen molar-refractivity contribution in [3.8, 4) is 0 Å². The molecule has 0 heterocycles. The predicted molar refractivity (Wildman–Crippen MR) is 130 cm³/mol. The van der Waals surface area contributed by atoms with E-state index in [0.29, 0.717) is 9.47 Å². The molecule has 0 bridgehead atoms. The third-order valence-corrected chi connectivity index (χ3v) is 8.84. The van der Waals surface area contributed by atoms with E-state index in [0.717, 1.165) is 0 Å². The normalized spacial score (nSPS) is 18.0. The standard InChI is InChI=1S/C25HF51O4/c26-1(27,3(30,31)5(34,35)9(42,43)18(59,60)61)2(28,29)4(32,33)6(36,37)11(46,47)20(65,66)78-22(69,70)13(50,51)15(54,55)24(73,74)80-25(75,76)16(56,57)14(52,53)23(71,72)79-21(67,68)12(48,49)8(40,41)17(58,77)7(38,39)10(44,45)19(62,63)64/h77H. The van der Waals surface area contributed by atoms with E-state index < -0.39 is 150 Å². The quantitative estimate of drug-likeness (QED) is 0.0926. The molecular formula is C25HF51O4. The van der Waals surface area contributed by atoms with Crippen molar-refractivity contribution in [1.82, 2.24) is 0 Å². The van der Waals surface area contributed by atoms with Gasteiger partial charge in [0.15, 0.2) is 0 Å². The fraction of sp³-hybridized carbons (Fsp3) is 1.00. The molecule has 0 radical (unpaired) electrons. The van der Waals surface area contributed by atoms with Crippen LogP contribution in [0.3, 0.4) is 0 Å². The highest BCUT2D eigenvalue weighted by Gasteiger charge is 3.00. The van der Waals surface area contributed by atoms with Crippen LogP contribution >= 0.6 is 0 Å². The maximum absolute atomic E-state index is 13.9. The van der Waals surface area contributed by atoms with E-state index in [-0.39, 0.29) is 4.74 Å². The molecule has 0 aromatic heterocycles. The van der Waals surface area contributed by atoms with Crippen molar-refractivity contribution >= 4 is 0 Å². The molecule has 0 saturated heterocycles. The molecule has 482 valence electrons. The molecule has 1 atom stereocenters. The van der Waals surface area contributed by atoms with Crippen LogP contribution in [0.1, 0.15) is 0 Å². The van der Waals surface area contributed by atoms with E-state index in [1.54, 1.807) is 0 Å². The number of aliphatic hydroxyl groups is 1. The molecule has 0 fully saturated rings. The van der Waals surface area contributed by atoms with Gasteiger partial charge in [-0.25, -0.2) is 14.2 Å². The number of alkyl halides is 51. The first kappa shape index (κ1) is 76.3. The van der Waals surface area contributed by atoms with Gasteiger partial charge in [-0.1, -0.05) is 0 Å².